The van der Waals surface area contributed by atoms with Gasteiger partial charge in [-0.3, -0.25) is 0 Å². The summed E-state index contributed by atoms with van der Waals surface area (Å²) in [6.45, 7) is 0.868. The van der Waals surface area contributed by atoms with Crippen molar-refractivity contribution >= 4 is 0 Å². The maximum Gasteiger partial charge on any atom is 0.118 e. The van der Waals surface area contributed by atoms with Crippen LogP contribution < -0.4 is 10.5 Å². The Balaban J connectivity index is 1.85. The van der Waals surface area contributed by atoms with E-state index in [4.69, 9.17) is 10.5 Å². The Kier molecular flexibility index (Phi) is 5.06. The number of hydrogen-bond donors (Lipinski definition) is 1. The second-order valence-corrected chi connectivity index (χ2v) is 5.43. The van der Waals surface area contributed by atoms with E-state index < -0.39 is 0 Å². The van der Waals surface area contributed by atoms with Crippen molar-refractivity contribution in [1.29, 1.82) is 0 Å². The topological polar surface area (TPSA) is 35.2 Å². The summed E-state index contributed by atoms with van der Waals surface area (Å²) in [6.07, 6.45) is 7.94. The molecule has 2 nitrogen and oxygen atoms in total. The zero-order valence-electron chi connectivity index (χ0n) is 11.4. The van der Waals surface area contributed by atoms with E-state index in [0.717, 1.165) is 24.1 Å². The second-order valence-electron chi connectivity index (χ2n) is 5.43. The van der Waals surface area contributed by atoms with Crippen molar-refractivity contribution in [2.75, 3.05) is 13.7 Å². The summed E-state index contributed by atoms with van der Waals surface area (Å²) in [4.78, 5) is 0. The van der Waals surface area contributed by atoms with Crippen LogP contribution >= 0.6 is 0 Å². The van der Waals surface area contributed by atoms with Gasteiger partial charge in [-0.2, -0.15) is 0 Å². The van der Waals surface area contributed by atoms with Crippen molar-refractivity contribution in [2.24, 2.45) is 17.6 Å². The van der Waals surface area contributed by atoms with Crippen molar-refractivity contribution in [3.05, 3.63) is 29.8 Å². The summed E-state index contributed by atoms with van der Waals surface area (Å²) in [6, 6.07) is 8.46. The molecule has 2 N–H and O–H groups in total. The molecule has 0 aromatic heterocycles. The van der Waals surface area contributed by atoms with Crippen LogP contribution in [0.3, 0.4) is 0 Å². The number of nitrogens with two attached hydrogens (primary N) is 1. The summed E-state index contributed by atoms with van der Waals surface area (Å²) < 4.78 is 5.18. The molecule has 0 bridgehead atoms. The van der Waals surface area contributed by atoms with Crippen molar-refractivity contribution in [3.8, 4) is 5.75 Å². The molecule has 1 fully saturated rings. The first-order valence-electron chi connectivity index (χ1n) is 7.16. The molecule has 0 amide bonds. The van der Waals surface area contributed by atoms with E-state index in [1.807, 2.05) is 0 Å². The second kappa shape index (κ2) is 6.79. The molecule has 1 saturated carbocycles. The molecule has 0 aliphatic heterocycles. The smallest absolute Gasteiger partial charge is 0.118 e. The van der Waals surface area contributed by atoms with Gasteiger partial charge < -0.3 is 10.5 Å². The van der Waals surface area contributed by atoms with Crippen LogP contribution in [0.25, 0.3) is 0 Å². The predicted octanol–water partition coefficient (Wildman–Crippen LogP) is 3.39. The van der Waals surface area contributed by atoms with Crippen LogP contribution in [0, 0.1) is 11.8 Å². The number of hydrogen-bond acceptors (Lipinski definition) is 2. The number of methoxy groups -OCH3 is 1. The van der Waals surface area contributed by atoms with Gasteiger partial charge in [-0.05, 0) is 55.3 Å². The summed E-state index contributed by atoms with van der Waals surface area (Å²) >= 11 is 0. The lowest BCUT2D eigenvalue weighted by Gasteiger charge is -2.30. The van der Waals surface area contributed by atoms with Crippen LogP contribution in [0.1, 0.15) is 37.7 Å². The predicted molar refractivity (Wildman–Crippen MR) is 75.8 cm³/mol. The summed E-state index contributed by atoms with van der Waals surface area (Å²) in [7, 11) is 1.71. The van der Waals surface area contributed by atoms with Gasteiger partial charge in [-0.15, -0.1) is 0 Å². The largest absolute Gasteiger partial charge is 0.497 e. The molecule has 0 saturated heterocycles. The SMILES string of the molecule is COc1ccc(CCC2CCCCC2CN)cc1. The van der Waals surface area contributed by atoms with E-state index in [1.165, 1.54) is 44.1 Å². The van der Waals surface area contributed by atoms with E-state index in [1.54, 1.807) is 7.11 Å². The van der Waals surface area contributed by atoms with Crippen LogP contribution in [0.15, 0.2) is 24.3 Å². The summed E-state index contributed by atoms with van der Waals surface area (Å²) in [5.74, 6) is 2.54. The lowest BCUT2D eigenvalue weighted by molar-refractivity contribution is 0.230. The zero-order chi connectivity index (χ0) is 12.8. The molecular weight excluding hydrogens is 222 g/mol. The number of ether oxygens (including phenoxy) is 1. The highest BCUT2D eigenvalue weighted by Crippen LogP contribution is 2.32. The van der Waals surface area contributed by atoms with Crippen molar-refractivity contribution in [3.63, 3.8) is 0 Å². The maximum atomic E-state index is 5.88. The molecule has 0 spiro atoms. The standard InChI is InChI=1S/C16H25NO/c1-18-16-10-7-13(8-11-16)6-9-14-4-2-3-5-15(14)12-17/h7-8,10-11,14-15H,2-6,9,12,17H2,1H3. The van der Waals surface area contributed by atoms with Crippen LogP contribution in [0.5, 0.6) is 5.75 Å². The normalized spacial score (nSPS) is 23.9. The Labute approximate surface area is 111 Å². The van der Waals surface area contributed by atoms with Crippen LogP contribution in [0.4, 0.5) is 0 Å². The zero-order valence-corrected chi connectivity index (χ0v) is 11.4. The van der Waals surface area contributed by atoms with Gasteiger partial charge in [0.2, 0.25) is 0 Å². The monoisotopic (exact) mass is 247 g/mol. The third-order valence-electron chi connectivity index (χ3n) is 4.33. The van der Waals surface area contributed by atoms with Crippen LogP contribution in [0.2, 0.25) is 0 Å². The average Bonchev–Trinajstić information content (AvgIpc) is 2.46. The number of aryl methyl sites for hydroxylation is 1. The third kappa shape index (κ3) is 3.49. The van der Waals surface area contributed by atoms with E-state index in [2.05, 4.69) is 24.3 Å². The average molecular weight is 247 g/mol. The number of rotatable bonds is 5. The molecule has 2 heteroatoms. The molecule has 0 heterocycles. The lowest BCUT2D eigenvalue weighted by atomic mass is 9.76. The van der Waals surface area contributed by atoms with Gasteiger partial charge in [-0.25, -0.2) is 0 Å². The van der Waals surface area contributed by atoms with Crippen LogP contribution in [-0.2, 0) is 6.42 Å². The van der Waals surface area contributed by atoms with Gasteiger partial charge >= 0.3 is 0 Å². The summed E-state index contributed by atoms with van der Waals surface area (Å²) in [5, 5.41) is 0. The third-order valence-corrected chi connectivity index (χ3v) is 4.33. The Morgan fingerprint density at radius 3 is 2.39 bits per heavy atom. The maximum absolute atomic E-state index is 5.88. The minimum atomic E-state index is 0.761. The van der Waals surface area contributed by atoms with Crippen molar-refractivity contribution in [2.45, 2.75) is 38.5 Å². The fourth-order valence-corrected chi connectivity index (χ4v) is 3.12. The van der Waals surface area contributed by atoms with E-state index in [0.29, 0.717) is 0 Å². The molecular formula is C16H25NO. The van der Waals surface area contributed by atoms with E-state index in [9.17, 15) is 0 Å². The highest BCUT2D eigenvalue weighted by Gasteiger charge is 2.23. The lowest BCUT2D eigenvalue weighted by Crippen LogP contribution is -2.27. The fourth-order valence-electron chi connectivity index (χ4n) is 3.12. The Hall–Kier alpha value is -1.02. The van der Waals surface area contributed by atoms with E-state index >= 15 is 0 Å². The molecule has 1 aromatic carbocycles. The molecule has 1 aliphatic rings. The minimum Gasteiger partial charge on any atom is -0.497 e. The fraction of sp³-hybridized carbons (Fsp3) is 0.625. The molecule has 18 heavy (non-hydrogen) atoms. The highest BCUT2D eigenvalue weighted by atomic mass is 16.5. The highest BCUT2D eigenvalue weighted by molar-refractivity contribution is 5.27. The van der Waals surface area contributed by atoms with Crippen LogP contribution in [-0.4, -0.2) is 13.7 Å². The van der Waals surface area contributed by atoms with Gasteiger partial charge in [0.15, 0.2) is 0 Å². The van der Waals surface area contributed by atoms with Gasteiger partial charge in [0.1, 0.15) is 5.75 Å². The Morgan fingerprint density at radius 2 is 1.78 bits per heavy atom. The molecule has 1 aliphatic carbocycles. The Morgan fingerprint density at radius 1 is 1.11 bits per heavy atom. The van der Waals surface area contributed by atoms with Gasteiger partial charge in [0, 0.05) is 0 Å². The molecule has 2 atom stereocenters. The summed E-state index contributed by atoms with van der Waals surface area (Å²) in [5.41, 5.74) is 7.30. The van der Waals surface area contributed by atoms with Crippen molar-refractivity contribution in [1.82, 2.24) is 0 Å². The molecule has 2 unspecified atom stereocenters. The first-order chi connectivity index (χ1) is 8.83. The first kappa shape index (κ1) is 13.4. The molecule has 100 valence electrons. The molecule has 1 aromatic rings. The first-order valence-corrected chi connectivity index (χ1v) is 7.16. The molecule has 2 rings (SSSR count). The quantitative estimate of drug-likeness (QED) is 0.865. The van der Waals surface area contributed by atoms with Gasteiger partial charge in [0.05, 0.1) is 7.11 Å². The van der Waals surface area contributed by atoms with Crippen molar-refractivity contribution < 1.29 is 4.74 Å². The molecule has 0 radical (unpaired) electrons. The van der Waals surface area contributed by atoms with Gasteiger partial charge in [-0.1, -0.05) is 31.4 Å². The minimum absolute atomic E-state index is 0.761. The number of benzene rings is 1. The Bertz CT molecular complexity index is 347. The van der Waals surface area contributed by atoms with E-state index in [-0.39, 0.29) is 0 Å². The van der Waals surface area contributed by atoms with Gasteiger partial charge in [0.25, 0.3) is 0 Å².